The molecule has 4 rings (SSSR count). The van der Waals surface area contributed by atoms with Crippen molar-refractivity contribution in [2.75, 3.05) is 6.79 Å². The van der Waals surface area contributed by atoms with E-state index in [0.717, 1.165) is 17.0 Å². The summed E-state index contributed by atoms with van der Waals surface area (Å²) in [5, 5.41) is 0.697. The molecule has 2 aromatic carbocycles. The number of amides is 1. The van der Waals surface area contributed by atoms with Crippen molar-refractivity contribution in [2.45, 2.75) is 19.9 Å². The first kappa shape index (κ1) is 16.7. The van der Waals surface area contributed by atoms with Crippen LogP contribution in [-0.4, -0.2) is 28.8 Å². The fourth-order valence-electron chi connectivity index (χ4n) is 2.79. The number of thioether (sulfide) groups is 1. The molecule has 0 atom stereocenters. The van der Waals surface area contributed by atoms with Gasteiger partial charge < -0.3 is 9.47 Å². The summed E-state index contributed by atoms with van der Waals surface area (Å²) in [5.41, 5.74) is 1.73. The highest BCUT2D eigenvalue weighted by atomic mass is 32.2. The number of carbonyl (C=O) groups is 1. The van der Waals surface area contributed by atoms with E-state index in [1.807, 2.05) is 68.5 Å². The van der Waals surface area contributed by atoms with Gasteiger partial charge in [0, 0.05) is 6.04 Å². The second-order valence-corrected chi connectivity index (χ2v) is 7.23. The smallest absolute Gasteiger partial charge is 0.266 e. The maximum Gasteiger partial charge on any atom is 0.266 e. The lowest BCUT2D eigenvalue weighted by atomic mass is 10.2. The van der Waals surface area contributed by atoms with Gasteiger partial charge in [0.15, 0.2) is 16.7 Å². The molecule has 0 bridgehead atoms. The molecule has 2 aromatic rings. The quantitative estimate of drug-likeness (QED) is 0.754. The lowest BCUT2D eigenvalue weighted by Crippen LogP contribution is -2.35. The molecule has 5 nitrogen and oxygen atoms in total. The van der Waals surface area contributed by atoms with Crippen LogP contribution in [-0.2, 0) is 4.79 Å². The minimum absolute atomic E-state index is 0.0279. The Morgan fingerprint density at radius 3 is 2.65 bits per heavy atom. The van der Waals surface area contributed by atoms with Gasteiger partial charge in [-0.05, 0) is 61.5 Å². The van der Waals surface area contributed by atoms with Crippen molar-refractivity contribution in [3.63, 3.8) is 0 Å². The van der Waals surface area contributed by atoms with Crippen LogP contribution < -0.4 is 9.47 Å². The number of benzene rings is 2. The van der Waals surface area contributed by atoms with E-state index in [1.165, 1.54) is 11.8 Å². The van der Waals surface area contributed by atoms with E-state index in [1.54, 1.807) is 4.90 Å². The highest BCUT2D eigenvalue weighted by Crippen LogP contribution is 2.37. The molecule has 0 aromatic heterocycles. The molecular weight excluding hydrogens is 348 g/mol. The maximum absolute atomic E-state index is 12.9. The summed E-state index contributed by atoms with van der Waals surface area (Å²) in [5.74, 6) is 1.40. The number of para-hydroxylation sites is 1. The SMILES string of the molecule is CC(C)N1C(=O)/C(=C\c2ccc3c(c2)OCO3)SC1=Nc1ccccc1. The Morgan fingerprint density at radius 2 is 1.88 bits per heavy atom. The molecule has 0 saturated carbocycles. The van der Waals surface area contributed by atoms with Crippen molar-refractivity contribution in [3.8, 4) is 11.5 Å². The Hall–Kier alpha value is -2.73. The van der Waals surface area contributed by atoms with Gasteiger partial charge in [0.05, 0.1) is 10.6 Å². The fourth-order valence-corrected chi connectivity index (χ4v) is 3.91. The lowest BCUT2D eigenvalue weighted by molar-refractivity contribution is -0.123. The normalized spacial score (nSPS) is 19.2. The second-order valence-electron chi connectivity index (χ2n) is 6.22. The van der Waals surface area contributed by atoms with Gasteiger partial charge in [0.25, 0.3) is 5.91 Å². The predicted molar refractivity (Wildman–Crippen MR) is 104 cm³/mol. The Kier molecular flexibility index (Phi) is 4.42. The zero-order valence-electron chi connectivity index (χ0n) is 14.5. The van der Waals surface area contributed by atoms with Crippen LogP contribution in [0.5, 0.6) is 11.5 Å². The highest BCUT2D eigenvalue weighted by Gasteiger charge is 2.35. The molecule has 0 aliphatic carbocycles. The van der Waals surface area contributed by atoms with Crippen LogP contribution in [0.2, 0.25) is 0 Å². The summed E-state index contributed by atoms with van der Waals surface area (Å²) in [4.78, 5) is 19.9. The van der Waals surface area contributed by atoms with Gasteiger partial charge in [0.2, 0.25) is 6.79 Å². The largest absolute Gasteiger partial charge is 0.454 e. The second kappa shape index (κ2) is 6.88. The minimum Gasteiger partial charge on any atom is -0.454 e. The summed E-state index contributed by atoms with van der Waals surface area (Å²) in [6.07, 6.45) is 1.87. The van der Waals surface area contributed by atoms with Crippen LogP contribution in [0, 0.1) is 0 Å². The van der Waals surface area contributed by atoms with Gasteiger partial charge >= 0.3 is 0 Å². The standard InChI is InChI=1S/C20H18N2O3S/c1-13(2)22-19(23)18(26-20(22)21-15-6-4-3-5-7-15)11-14-8-9-16-17(10-14)25-12-24-16/h3-11,13H,12H2,1-2H3/b18-11+,21-20?. The van der Waals surface area contributed by atoms with Crippen molar-refractivity contribution >= 4 is 34.6 Å². The predicted octanol–water partition coefficient (Wildman–Crippen LogP) is 4.43. The molecule has 2 aliphatic heterocycles. The number of nitrogens with zero attached hydrogens (tertiary/aromatic N) is 2. The van der Waals surface area contributed by atoms with E-state index in [-0.39, 0.29) is 18.7 Å². The number of rotatable bonds is 3. The summed E-state index contributed by atoms with van der Waals surface area (Å²) in [7, 11) is 0. The van der Waals surface area contributed by atoms with Gasteiger partial charge in [-0.2, -0.15) is 0 Å². The summed E-state index contributed by atoms with van der Waals surface area (Å²) in [6, 6.07) is 15.4. The van der Waals surface area contributed by atoms with Crippen molar-refractivity contribution < 1.29 is 14.3 Å². The number of carbonyl (C=O) groups excluding carboxylic acids is 1. The van der Waals surface area contributed by atoms with Crippen LogP contribution in [0.3, 0.4) is 0 Å². The number of ether oxygens (including phenoxy) is 2. The van der Waals surface area contributed by atoms with E-state index >= 15 is 0 Å². The third-order valence-electron chi connectivity index (χ3n) is 4.03. The molecule has 26 heavy (non-hydrogen) atoms. The topological polar surface area (TPSA) is 51.1 Å². The number of hydrogen-bond acceptors (Lipinski definition) is 5. The molecule has 2 heterocycles. The van der Waals surface area contributed by atoms with Gasteiger partial charge in [-0.25, -0.2) is 4.99 Å². The van der Waals surface area contributed by atoms with Crippen molar-refractivity contribution in [1.29, 1.82) is 0 Å². The van der Waals surface area contributed by atoms with E-state index in [2.05, 4.69) is 4.99 Å². The summed E-state index contributed by atoms with van der Waals surface area (Å²) in [6.45, 7) is 4.21. The molecular formula is C20H18N2O3S. The Morgan fingerprint density at radius 1 is 1.12 bits per heavy atom. The third kappa shape index (κ3) is 3.20. The first-order valence-corrected chi connectivity index (χ1v) is 9.20. The molecule has 2 aliphatic rings. The Bertz CT molecular complexity index is 907. The van der Waals surface area contributed by atoms with E-state index in [0.29, 0.717) is 15.8 Å². The fraction of sp³-hybridized carbons (Fsp3) is 0.200. The van der Waals surface area contributed by atoms with Crippen LogP contribution in [0.25, 0.3) is 6.08 Å². The van der Waals surface area contributed by atoms with Crippen LogP contribution in [0.15, 0.2) is 58.4 Å². The number of fused-ring (bicyclic) bond motifs is 1. The molecule has 0 N–H and O–H groups in total. The Balaban J connectivity index is 1.67. The maximum atomic E-state index is 12.9. The minimum atomic E-state index is -0.0302. The summed E-state index contributed by atoms with van der Waals surface area (Å²) < 4.78 is 10.7. The van der Waals surface area contributed by atoms with Gasteiger partial charge in [0.1, 0.15) is 0 Å². The monoisotopic (exact) mass is 366 g/mol. The number of hydrogen-bond donors (Lipinski definition) is 0. The van der Waals surface area contributed by atoms with E-state index < -0.39 is 0 Å². The lowest BCUT2D eigenvalue weighted by Gasteiger charge is -2.19. The molecule has 0 radical (unpaired) electrons. The van der Waals surface area contributed by atoms with E-state index in [9.17, 15) is 4.79 Å². The number of aliphatic imine (C=N–C) groups is 1. The molecule has 1 amide bonds. The summed E-state index contributed by atoms with van der Waals surface area (Å²) >= 11 is 1.39. The van der Waals surface area contributed by atoms with Gasteiger partial charge in [-0.15, -0.1) is 0 Å². The molecule has 0 unspecified atom stereocenters. The average Bonchev–Trinajstić information content (AvgIpc) is 3.20. The number of amidine groups is 1. The zero-order valence-corrected chi connectivity index (χ0v) is 15.3. The molecule has 1 saturated heterocycles. The zero-order chi connectivity index (χ0) is 18.1. The Labute approximate surface area is 156 Å². The molecule has 1 fully saturated rings. The third-order valence-corrected chi connectivity index (χ3v) is 5.01. The van der Waals surface area contributed by atoms with Gasteiger partial charge in [-0.1, -0.05) is 24.3 Å². The van der Waals surface area contributed by atoms with Crippen LogP contribution >= 0.6 is 11.8 Å². The van der Waals surface area contributed by atoms with Crippen LogP contribution in [0.1, 0.15) is 19.4 Å². The molecule has 132 valence electrons. The first-order chi connectivity index (χ1) is 12.6. The first-order valence-electron chi connectivity index (χ1n) is 8.38. The van der Waals surface area contributed by atoms with E-state index in [4.69, 9.17) is 9.47 Å². The van der Waals surface area contributed by atoms with Gasteiger partial charge in [-0.3, -0.25) is 9.69 Å². The highest BCUT2D eigenvalue weighted by molar-refractivity contribution is 8.18. The molecule has 0 spiro atoms. The van der Waals surface area contributed by atoms with Crippen molar-refractivity contribution in [2.24, 2.45) is 4.99 Å². The molecule has 6 heteroatoms. The van der Waals surface area contributed by atoms with Crippen molar-refractivity contribution in [3.05, 3.63) is 59.0 Å². The average molecular weight is 366 g/mol. The van der Waals surface area contributed by atoms with Crippen molar-refractivity contribution in [1.82, 2.24) is 4.90 Å². The van der Waals surface area contributed by atoms with Crippen LogP contribution in [0.4, 0.5) is 5.69 Å².